The van der Waals surface area contributed by atoms with Gasteiger partial charge in [-0.25, -0.2) is 9.07 Å². The highest BCUT2D eigenvalue weighted by molar-refractivity contribution is 6.07. The molecule has 0 saturated carbocycles. The van der Waals surface area contributed by atoms with Crippen LogP contribution in [0.4, 0.5) is 4.39 Å². The van der Waals surface area contributed by atoms with Crippen molar-refractivity contribution in [2.75, 3.05) is 0 Å². The van der Waals surface area contributed by atoms with Crippen LogP contribution in [0, 0.1) is 12.7 Å². The van der Waals surface area contributed by atoms with Crippen molar-refractivity contribution in [1.29, 1.82) is 0 Å². The van der Waals surface area contributed by atoms with Crippen molar-refractivity contribution in [3.05, 3.63) is 89.0 Å². The standard InChI is InChI=1S/C19H16FN3O2/c1-13-19(18(25)11-17(24)15-7-3-2-4-8-15)21-22-23(13)12-14-6-5-9-16(20)10-14/h2-11,24H,12H2,1H3/b17-11-. The molecule has 1 N–H and O–H groups in total. The lowest BCUT2D eigenvalue weighted by Crippen LogP contribution is -2.06. The zero-order valence-corrected chi connectivity index (χ0v) is 13.6. The number of allylic oxidation sites excluding steroid dienone is 1. The number of nitrogens with zero attached hydrogens (tertiary/aromatic N) is 3. The van der Waals surface area contributed by atoms with Gasteiger partial charge in [0.15, 0.2) is 5.69 Å². The van der Waals surface area contributed by atoms with E-state index in [0.29, 0.717) is 17.8 Å². The predicted octanol–water partition coefficient (Wildman–Crippen LogP) is 3.56. The first-order valence-corrected chi connectivity index (χ1v) is 7.69. The minimum absolute atomic E-state index is 0.135. The van der Waals surface area contributed by atoms with Crippen LogP contribution in [0.1, 0.15) is 27.3 Å². The largest absolute Gasteiger partial charge is 0.507 e. The maximum Gasteiger partial charge on any atom is 0.211 e. The van der Waals surface area contributed by atoms with Gasteiger partial charge in [0.2, 0.25) is 5.78 Å². The minimum Gasteiger partial charge on any atom is -0.507 e. The molecule has 0 saturated heterocycles. The lowest BCUT2D eigenvalue weighted by atomic mass is 10.1. The van der Waals surface area contributed by atoms with Crippen LogP contribution in [-0.2, 0) is 6.54 Å². The van der Waals surface area contributed by atoms with Gasteiger partial charge in [-0.05, 0) is 24.6 Å². The Bertz CT molecular complexity index is 933. The Balaban J connectivity index is 1.82. The van der Waals surface area contributed by atoms with Gasteiger partial charge in [0, 0.05) is 11.6 Å². The smallest absolute Gasteiger partial charge is 0.211 e. The second-order valence-corrected chi connectivity index (χ2v) is 5.57. The molecule has 1 aromatic heterocycles. The molecular formula is C19H16FN3O2. The third kappa shape index (κ3) is 3.80. The third-order valence-electron chi connectivity index (χ3n) is 3.77. The van der Waals surface area contributed by atoms with Gasteiger partial charge in [-0.15, -0.1) is 5.10 Å². The second-order valence-electron chi connectivity index (χ2n) is 5.57. The monoisotopic (exact) mass is 337 g/mol. The van der Waals surface area contributed by atoms with Gasteiger partial charge in [0.25, 0.3) is 0 Å². The first-order valence-electron chi connectivity index (χ1n) is 7.69. The molecule has 0 unspecified atom stereocenters. The van der Waals surface area contributed by atoms with E-state index in [4.69, 9.17) is 0 Å². The van der Waals surface area contributed by atoms with Gasteiger partial charge in [-0.3, -0.25) is 4.79 Å². The molecule has 3 aromatic rings. The van der Waals surface area contributed by atoms with E-state index in [0.717, 1.165) is 11.6 Å². The highest BCUT2D eigenvalue weighted by Crippen LogP contribution is 2.14. The highest BCUT2D eigenvalue weighted by atomic mass is 19.1. The third-order valence-corrected chi connectivity index (χ3v) is 3.77. The lowest BCUT2D eigenvalue weighted by molar-refractivity contribution is 0.104. The number of hydrogen-bond acceptors (Lipinski definition) is 4. The molecule has 0 radical (unpaired) electrons. The maximum absolute atomic E-state index is 13.3. The minimum atomic E-state index is -0.440. The Morgan fingerprint density at radius 3 is 2.68 bits per heavy atom. The van der Waals surface area contributed by atoms with Crippen molar-refractivity contribution < 1.29 is 14.3 Å². The molecule has 0 amide bonds. The summed E-state index contributed by atoms with van der Waals surface area (Å²) in [5, 5.41) is 17.9. The normalized spacial score (nSPS) is 11.5. The molecule has 0 aliphatic carbocycles. The summed E-state index contributed by atoms with van der Waals surface area (Å²) < 4.78 is 14.8. The maximum atomic E-state index is 13.3. The molecule has 25 heavy (non-hydrogen) atoms. The van der Waals surface area contributed by atoms with Crippen LogP contribution >= 0.6 is 0 Å². The van der Waals surface area contributed by atoms with Crippen molar-refractivity contribution in [2.45, 2.75) is 13.5 Å². The van der Waals surface area contributed by atoms with E-state index in [9.17, 15) is 14.3 Å². The fourth-order valence-electron chi connectivity index (χ4n) is 2.43. The van der Waals surface area contributed by atoms with Crippen molar-refractivity contribution in [2.24, 2.45) is 0 Å². The van der Waals surface area contributed by atoms with Crippen LogP contribution < -0.4 is 0 Å². The summed E-state index contributed by atoms with van der Waals surface area (Å²) in [6.45, 7) is 2.01. The van der Waals surface area contributed by atoms with Crippen molar-refractivity contribution in [3.8, 4) is 0 Å². The molecule has 6 heteroatoms. The van der Waals surface area contributed by atoms with Gasteiger partial charge >= 0.3 is 0 Å². The molecule has 2 aromatic carbocycles. The van der Waals surface area contributed by atoms with Crippen LogP contribution in [0.3, 0.4) is 0 Å². The molecule has 0 spiro atoms. The SMILES string of the molecule is Cc1c(C(=O)/C=C(\O)c2ccccc2)nnn1Cc1cccc(F)c1. The number of hydrogen-bond donors (Lipinski definition) is 1. The number of carbonyl (C=O) groups excluding carboxylic acids is 1. The van der Waals surface area contributed by atoms with E-state index in [1.54, 1.807) is 43.3 Å². The fraction of sp³-hybridized carbons (Fsp3) is 0.105. The number of aliphatic hydroxyl groups is 1. The van der Waals surface area contributed by atoms with Crippen LogP contribution in [0.5, 0.6) is 0 Å². The molecule has 3 rings (SSSR count). The van der Waals surface area contributed by atoms with Crippen molar-refractivity contribution in [1.82, 2.24) is 15.0 Å². The van der Waals surface area contributed by atoms with E-state index in [1.807, 2.05) is 6.07 Å². The van der Waals surface area contributed by atoms with Gasteiger partial charge in [0.05, 0.1) is 12.2 Å². The average molecular weight is 337 g/mol. The molecule has 0 fully saturated rings. The lowest BCUT2D eigenvalue weighted by Gasteiger charge is -2.04. The van der Waals surface area contributed by atoms with Gasteiger partial charge in [-0.2, -0.15) is 0 Å². The highest BCUT2D eigenvalue weighted by Gasteiger charge is 2.16. The first-order chi connectivity index (χ1) is 12.0. The molecule has 5 nitrogen and oxygen atoms in total. The van der Waals surface area contributed by atoms with Crippen LogP contribution in [-0.4, -0.2) is 25.9 Å². The van der Waals surface area contributed by atoms with Crippen LogP contribution in [0.2, 0.25) is 0 Å². The van der Waals surface area contributed by atoms with E-state index in [-0.39, 0.29) is 17.3 Å². The Hall–Kier alpha value is -3.28. The van der Waals surface area contributed by atoms with Gasteiger partial charge in [-0.1, -0.05) is 47.7 Å². The van der Waals surface area contributed by atoms with Crippen molar-refractivity contribution >= 4 is 11.5 Å². The first kappa shape index (κ1) is 16.6. The van der Waals surface area contributed by atoms with E-state index < -0.39 is 5.78 Å². The Kier molecular flexibility index (Phi) is 4.70. The van der Waals surface area contributed by atoms with E-state index in [1.165, 1.54) is 16.8 Å². The molecular weight excluding hydrogens is 321 g/mol. The Morgan fingerprint density at radius 2 is 1.96 bits per heavy atom. The number of halogens is 1. The predicted molar refractivity (Wildman–Crippen MR) is 91.6 cm³/mol. The zero-order chi connectivity index (χ0) is 17.8. The van der Waals surface area contributed by atoms with E-state index >= 15 is 0 Å². The van der Waals surface area contributed by atoms with Crippen LogP contribution in [0.15, 0.2) is 60.7 Å². The number of benzene rings is 2. The molecule has 1 heterocycles. The Labute approximate surface area is 144 Å². The number of carbonyl (C=O) groups is 1. The molecule has 0 aliphatic rings. The number of aromatic nitrogens is 3. The molecule has 126 valence electrons. The molecule has 0 atom stereocenters. The summed E-state index contributed by atoms with van der Waals surface area (Å²) in [6, 6.07) is 14.9. The zero-order valence-electron chi connectivity index (χ0n) is 13.6. The average Bonchev–Trinajstić information content (AvgIpc) is 2.96. The quantitative estimate of drug-likeness (QED) is 0.439. The summed E-state index contributed by atoms with van der Waals surface area (Å²) in [5.74, 6) is -0.906. The number of aliphatic hydroxyl groups excluding tert-OH is 1. The Morgan fingerprint density at radius 1 is 1.20 bits per heavy atom. The van der Waals surface area contributed by atoms with Gasteiger partial charge in [0.1, 0.15) is 11.6 Å². The second kappa shape index (κ2) is 7.09. The van der Waals surface area contributed by atoms with Gasteiger partial charge < -0.3 is 5.11 Å². The summed E-state index contributed by atoms with van der Waals surface area (Å²) in [5.41, 5.74) is 1.96. The molecule has 0 aliphatic heterocycles. The van der Waals surface area contributed by atoms with Crippen LogP contribution in [0.25, 0.3) is 5.76 Å². The number of ketones is 1. The summed E-state index contributed by atoms with van der Waals surface area (Å²) in [7, 11) is 0. The summed E-state index contributed by atoms with van der Waals surface area (Å²) in [4.78, 5) is 12.4. The van der Waals surface area contributed by atoms with Crippen molar-refractivity contribution in [3.63, 3.8) is 0 Å². The summed E-state index contributed by atoms with van der Waals surface area (Å²) >= 11 is 0. The molecule has 0 bridgehead atoms. The van der Waals surface area contributed by atoms with E-state index in [2.05, 4.69) is 10.3 Å². The number of rotatable bonds is 5. The summed E-state index contributed by atoms with van der Waals surface area (Å²) in [6.07, 6.45) is 1.12. The fourth-order valence-corrected chi connectivity index (χ4v) is 2.43. The topological polar surface area (TPSA) is 68.0 Å².